The Morgan fingerprint density at radius 3 is 2.72 bits per heavy atom. The number of nitrogens with one attached hydrogen (secondary N) is 1. The number of nitrogens with zero attached hydrogens (tertiary/aromatic N) is 1. The molecule has 2 aromatic rings. The number of rotatable bonds is 4. The van der Waals surface area contributed by atoms with Gasteiger partial charge in [-0.05, 0) is 30.2 Å². The molecule has 1 heterocycles. The van der Waals surface area contributed by atoms with Gasteiger partial charge < -0.3 is 10.2 Å². The van der Waals surface area contributed by atoms with Crippen LogP contribution in [-0.2, 0) is 16.0 Å². The topological polar surface area (TPSA) is 49.4 Å². The van der Waals surface area contributed by atoms with Crippen LogP contribution >= 0.6 is 0 Å². The van der Waals surface area contributed by atoms with Gasteiger partial charge in [0, 0.05) is 24.7 Å². The average Bonchev–Trinajstić information content (AvgIpc) is 2.99. The van der Waals surface area contributed by atoms with Gasteiger partial charge in [-0.25, -0.2) is 8.78 Å². The van der Waals surface area contributed by atoms with Crippen molar-refractivity contribution in [2.75, 3.05) is 16.8 Å². The molecule has 0 saturated carbocycles. The van der Waals surface area contributed by atoms with E-state index >= 15 is 0 Å². The minimum Gasteiger partial charge on any atom is -0.323 e. The summed E-state index contributed by atoms with van der Waals surface area (Å²) < 4.78 is 26.6. The molecular weight excluding hydrogens is 326 g/mol. The van der Waals surface area contributed by atoms with Crippen LogP contribution in [0.1, 0.15) is 18.9 Å². The summed E-state index contributed by atoms with van der Waals surface area (Å²) in [5.74, 6) is -2.72. The van der Waals surface area contributed by atoms with Gasteiger partial charge in [0.05, 0.1) is 11.6 Å². The number of carbonyl (C=O) groups is 2. The highest BCUT2D eigenvalue weighted by molar-refractivity contribution is 6.03. The van der Waals surface area contributed by atoms with Crippen LogP contribution in [0.2, 0.25) is 0 Å². The van der Waals surface area contributed by atoms with E-state index in [9.17, 15) is 18.4 Å². The Morgan fingerprint density at radius 2 is 2.00 bits per heavy atom. The first kappa shape index (κ1) is 17.1. The second-order valence-corrected chi connectivity index (χ2v) is 6.00. The second kappa shape index (κ2) is 7.01. The zero-order valence-electron chi connectivity index (χ0n) is 13.8. The molecule has 1 atom stereocenters. The molecule has 1 saturated heterocycles. The van der Waals surface area contributed by atoms with E-state index < -0.39 is 23.5 Å². The fourth-order valence-electron chi connectivity index (χ4n) is 3.01. The predicted octanol–water partition coefficient (Wildman–Crippen LogP) is 3.52. The maximum Gasteiger partial charge on any atom is 0.229 e. The minimum atomic E-state index is -0.842. The SMILES string of the molecule is CCc1ccccc1N1CC(C(=O)Nc2ccc(F)cc2F)CC1=O. The Labute approximate surface area is 144 Å². The quantitative estimate of drug-likeness (QED) is 0.923. The molecule has 2 aromatic carbocycles. The Morgan fingerprint density at radius 1 is 1.24 bits per heavy atom. The van der Waals surface area contributed by atoms with Crippen LogP contribution in [-0.4, -0.2) is 18.4 Å². The lowest BCUT2D eigenvalue weighted by molar-refractivity contribution is -0.122. The van der Waals surface area contributed by atoms with Gasteiger partial charge in [-0.3, -0.25) is 9.59 Å². The third-order valence-corrected chi connectivity index (χ3v) is 4.35. The normalized spacial score (nSPS) is 17.0. The largest absolute Gasteiger partial charge is 0.323 e. The fourth-order valence-corrected chi connectivity index (χ4v) is 3.01. The van der Waals surface area contributed by atoms with E-state index in [0.717, 1.165) is 23.7 Å². The molecule has 0 aromatic heterocycles. The van der Waals surface area contributed by atoms with Crippen molar-refractivity contribution in [3.63, 3.8) is 0 Å². The first-order valence-corrected chi connectivity index (χ1v) is 8.13. The molecule has 0 bridgehead atoms. The van der Waals surface area contributed by atoms with Crippen molar-refractivity contribution in [3.05, 3.63) is 59.7 Å². The molecule has 2 amide bonds. The molecule has 3 rings (SSSR count). The third-order valence-electron chi connectivity index (χ3n) is 4.35. The summed E-state index contributed by atoms with van der Waals surface area (Å²) in [6, 6.07) is 10.5. The van der Waals surface area contributed by atoms with Crippen molar-refractivity contribution in [2.45, 2.75) is 19.8 Å². The summed E-state index contributed by atoms with van der Waals surface area (Å²) in [6.45, 7) is 2.24. The van der Waals surface area contributed by atoms with Crippen LogP contribution in [0.4, 0.5) is 20.2 Å². The molecule has 0 radical (unpaired) electrons. The van der Waals surface area contributed by atoms with E-state index in [-0.39, 0.29) is 24.6 Å². The van der Waals surface area contributed by atoms with Gasteiger partial charge in [0.25, 0.3) is 0 Å². The van der Waals surface area contributed by atoms with Crippen molar-refractivity contribution in [3.8, 4) is 0 Å². The van der Waals surface area contributed by atoms with E-state index in [1.165, 1.54) is 6.07 Å². The molecule has 0 aliphatic carbocycles. The number of anilines is 2. The second-order valence-electron chi connectivity index (χ2n) is 6.00. The Balaban J connectivity index is 1.74. The van der Waals surface area contributed by atoms with Crippen LogP contribution < -0.4 is 10.2 Å². The van der Waals surface area contributed by atoms with Gasteiger partial charge in [0.1, 0.15) is 11.6 Å². The fraction of sp³-hybridized carbons (Fsp3) is 0.263. The lowest BCUT2D eigenvalue weighted by Gasteiger charge is -2.20. The van der Waals surface area contributed by atoms with Crippen LogP contribution in [0.25, 0.3) is 0 Å². The highest BCUT2D eigenvalue weighted by atomic mass is 19.1. The zero-order valence-corrected chi connectivity index (χ0v) is 13.8. The molecule has 1 N–H and O–H groups in total. The molecule has 25 heavy (non-hydrogen) atoms. The lowest BCUT2D eigenvalue weighted by Crippen LogP contribution is -2.29. The standard InChI is InChI=1S/C19H18F2N2O2/c1-2-12-5-3-4-6-17(12)23-11-13(9-18(23)24)19(25)22-16-8-7-14(20)10-15(16)21/h3-8,10,13H,2,9,11H2,1H3,(H,22,25). The summed E-state index contributed by atoms with van der Waals surface area (Å²) in [5, 5.41) is 2.44. The molecule has 130 valence electrons. The molecule has 0 spiro atoms. The van der Waals surface area contributed by atoms with Gasteiger partial charge >= 0.3 is 0 Å². The molecule has 1 aliphatic rings. The molecule has 1 unspecified atom stereocenters. The highest BCUT2D eigenvalue weighted by Crippen LogP contribution is 2.29. The van der Waals surface area contributed by atoms with Crippen LogP contribution in [0.5, 0.6) is 0 Å². The third kappa shape index (κ3) is 3.52. The molecule has 1 aliphatic heterocycles. The monoisotopic (exact) mass is 344 g/mol. The maximum absolute atomic E-state index is 13.7. The van der Waals surface area contributed by atoms with Crippen molar-refractivity contribution >= 4 is 23.2 Å². The van der Waals surface area contributed by atoms with Gasteiger partial charge in [0.15, 0.2) is 0 Å². The van der Waals surface area contributed by atoms with Crippen molar-refractivity contribution in [1.82, 2.24) is 0 Å². The molecular formula is C19H18F2N2O2. The number of hydrogen-bond donors (Lipinski definition) is 1. The number of carbonyl (C=O) groups excluding carboxylic acids is 2. The van der Waals surface area contributed by atoms with E-state index in [0.29, 0.717) is 6.07 Å². The Kier molecular flexibility index (Phi) is 4.79. The first-order chi connectivity index (χ1) is 12.0. The molecule has 6 heteroatoms. The number of hydrogen-bond acceptors (Lipinski definition) is 2. The Hall–Kier alpha value is -2.76. The summed E-state index contributed by atoms with van der Waals surface area (Å²) in [6.07, 6.45) is 0.838. The van der Waals surface area contributed by atoms with Crippen LogP contribution in [0, 0.1) is 17.6 Å². The van der Waals surface area contributed by atoms with E-state index in [1.807, 2.05) is 31.2 Å². The Bertz CT molecular complexity index is 823. The van der Waals surface area contributed by atoms with Crippen LogP contribution in [0.15, 0.2) is 42.5 Å². The number of benzene rings is 2. The molecule has 1 fully saturated rings. The van der Waals surface area contributed by atoms with Gasteiger partial charge in [-0.2, -0.15) is 0 Å². The summed E-state index contributed by atoms with van der Waals surface area (Å²) in [7, 11) is 0. The zero-order chi connectivity index (χ0) is 18.0. The van der Waals surface area contributed by atoms with Crippen molar-refractivity contribution < 1.29 is 18.4 Å². The van der Waals surface area contributed by atoms with Crippen molar-refractivity contribution in [1.29, 1.82) is 0 Å². The van der Waals surface area contributed by atoms with E-state index in [2.05, 4.69) is 5.32 Å². The van der Waals surface area contributed by atoms with E-state index in [1.54, 1.807) is 4.90 Å². The summed E-state index contributed by atoms with van der Waals surface area (Å²) in [5.41, 5.74) is 1.74. The number of amides is 2. The minimum absolute atomic E-state index is 0.0622. The first-order valence-electron chi connectivity index (χ1n) is 8.13. The maximum atomic E-state index is 13.7. The van der Waals surface area contributed by atoms with Crippen molar-refractivity contribution in [2.24, 2.45) is 5.92 Å². The lowest BCUT2D eigenvalue weighted by atomic mass is 10.1. The van der Waals surface area contributed by atoms with Gasteiger partial charge in [0.2, 0.25) is 11.8 Å². The number of aryl methyl sites for hydroxylation is 1. The average molecular weight is 344 g/mol. The number of para-hydroxylation sites is 1. The summed E-state index contributed by atoms with van der Waals surface area (Å²) >= 11 is 0. The highest BCUT2D eigenvalue weighted by Gasteiger charge is 2.36. The van der Waals surface area contributed by atoms with Gasteiger partial charge in [-0.15, -0.1) is 0 Å². The van der Waals surface area contributed by atoms with E-state index in [4.69, 9.17) is 0 Å². The smallest absolute Gasteiger partial charge is 0.229 e. The molecule has 4 nitrogen and oxygen atoms in total. The predicted molar refractivity (Wildman–Crippen MR) is 91.3 cm³/mol. The van der Waals surface area contributed by atoms with Gasteiger partial charge in [-0.1, -0.05) is 25.1 Å². The van der Waals surface area contributed by atoms with Crippen LogP contribution in [0.3, 0.4) is 0 Å². The number of halogens is 2. The summed E-state index contributed by atoms with van der Waals surface area (Å²) in [4.78, 5) is 26.3.